The van der Waals surface area contributed by atoms with Gasteiger partial charge >= 0.3 is 0 Å². The van der Waals surface area contributed by atoms with Gasteiger partial charge in [0.1, 0.15) is 5.69 Å². The number of hydrogen-bond donors (Lipinski definition) is 2. The molecule has 2 amide bonds. The minimum absolute atomic E-state index is 0.0181. The van der Waals surface area contributed by atoms with E-state index in [4.69, 9.17) is 0 Å². The molecule has 3 heterocycles. The van der Waals surface area contributed by atoms with Crippen molar-refractivity contribution in [2.75, 3.05) is 19.6 Å². The summed E-state index contributed by atoms with van der Waals surface area (Å²) in [7, 11) is 0. The van der Waals surface area contributed by atoms with E-state index in [-0.39, 0.29) is 23.1 Å². The van der Waals surface area contributed by atoms with E-state index in [0.29, 0.717) is 38.2 Å². The lowest BCUT2D eigenvalue weighted by Gasteiger charge is -2.40. The molecule has 2 N–H and O–H groups in total. The first-order chi connectivity index (χ1) is 11.7. The van der Waals surface area contributed by atoms with E-state index >= 15 is 0 Å². The maximum atomic E-state index is 12.6. The van der Waals surface area contributed by atoms with Crippen LogP contribution < -0.4 is 5.32 Å². The Morgan fingerprint density at radius 3 is 2.50 bits per heavy atom. The van der Waals surface area contributed by atoms with Crippen molar-refractivity contribution in [2.24, 2.45) is 5.41 Å². The molecule has 1 aromatic carbocycles. The number of nitrogens with one attached hydrogen (secondary N) is 2. The van der Waals surface area contributed by atoms with Crippen molar-refractivity contribution >= 4 is 11.8 Å². The number of piperidine rings is 1. The number of amides is 2. The summed E-state index contributed by atoms with van der Waals surface area (Å²) in [5.74, 6) is 0.349. The Hall–Kier alpha value is -2.56. The molecule has 2 saturated heterocycles. The SMILES string of the molecule is O=C(c1ccc[nH]1)N1CCC2(CC1)C(=O)NCC2c1ccccc1. The highest BCUT2D eigenvalue weighted by Gasteiger charge is 2.52. The molecule has 2 aliphatic heterocycles. The Morgan fingerprint density at radius 2 is 1.83 bits per heavy atom. The second kappa shape index (κ2) is 5.82. The van der Waals surface area contributed by atoms with Crippen LogP contribution in [0.4, 0.5) is 0 Å². The average Bonchev–Trinajstić information content (AvgIpc) is 3.26. The number of hydrogen-bond acceptors (Lipinski definition) is 2. The maximum Gasteiger partial charge on any atom is 0.270 e. The molecule has 0 radical (unpaired) electrons. The Balaban J connectivity index is 1.54. The van der Waals surface area contributed by atoms with Crippen LogP contribution in [0.5, 0.6) is 0 Å². The van der Waals surface area contributed by atoms with Gasteiger partial charge in [0.15, 0.2) is 0 Å². The van der Waals surface area contributed by atoms with Gasteiger partial charge in [-0.2, -0.15) is 0 Å². The highest BCUT2D eigenvalue weighted by molar-refractivity contribution is 5.93. The van der Waals surface area contributed by atoms with Crippen molar-refractivity contribution < 1.29 is 9.59 Å². The summed E-state index contributed by atoms with van der Waals surface area (Å²) in [4.78, 5) is 29.9. The summed E-state index contributed by atoms with van der Waals surface area (Å²) >= 11 is 0. The number of rotatable bonds is 2. The van der Waals surface area contributed by atoms with E-state index in [1.54, 1.807) is 12.3 Å². The lowest BCUT2D eigenvalue weighted by molar-refractivity contribution is -0.130. The number of likely N-dealkylation sites (tertiary alicyclic amines) is 1. The van der Waals surface area contributed by atoms with E-state index in [1.165, 1.54) is 5.56 Å². The summed E-state index contributed by atoms with van der Waals surface area (Å²) in [5, 5.41) is 3.05. The molecule has 2 aromatic rings. The third kappa shape index (κ3) is 2.31. The van der Waals surface area contributed by atoms with Crippen LogP contribution in [0.2, 0.25) is 0 Å². The van der Waals surface area contributed by atoms with Gasteiger partial charge < -0.3 is 15.2 Å². The Labute approximate surface area is 141 Å². The van der Waals surface area contributed by atoms with Crippen LogP contribution >= 0.6 is 0 Å². The molecule has 5 nitrogen and oxygen atoms in total. The second-order valence-electron chi connectivity index (χ2n) is 6.71. The largest absolute Gasteiger partial charge is 0.357 e. The van der Waals surface area contributed by atoms with Gasteiger partial charge in [0.05, 0.1) is 5.41 Å². The summed E-state index contributed by atoms with van der Waals surface area (Å²) in [6.07, 6.45) is 3.18. The van der Waals surface area contributed by atoms with Crippen LogP contribution in [0.3, 0.4) is 0 Å². The zero-order valence-corrected chi connectivity index (χ0v) is 13.5. The molecular weight excluding hydrogens is 302 g/mol. The van der Waals surface area contributed by atoms with Crippen molar-refractivity contribution in [1.82, 2.24) is 15.2 Å². The number of carbonyl (C=O) groups excluding carboxylic acids is 2. The fraction of sp³-hybridized carbons (Fsp3) is 0.368. The third-order valence-electron chi connectivity index (χ3n) is 5.56. The van der Waals surface area contributed by atoms with Gasteiger partial charge in [0, 0.05) is 31.7 Å². The quantitative estimate of drug-likeness (QED) is 0.889. The van der Waals surface area contributed by atoms with Crippen LogP contribution in [-0.2, 0) is 4.79 Å². The molecule has 1 aromatic heterocycles. The maximum absolute atomic E-state index is 12.6. The lowest BCUT2D eigenvalue weighted by Crippen LogP contribution is -2.48. The van der Waals surface area contributed by atoms with Crippen molar-refractivity contribution in [3.8, 4) is 0 Å². The highest BCUT2D eigenvalue weighted by atomic mass is 16.2. The number of aromatic nitrogens is 1. The minimum atomic E-state index is -0.381. The van der Waals surface area contributed by atoms with Crippen LogP contribution in [0.15, 0.2) is 48.7 Å². The zero-order valence-electron chi connectivity index (χ0n) is 13.5. The van der Waals surface area contributed by atoms with Crippen molar-refractivity contribution in [1.29, 1.82) is 0 Å². The third-order valence-corrected chi connectivity index (χ3v) is 5.56. The monoisotopic (exact) mass is 323 g/mol. The standard InChI is InChI=1S/C19H21N3O2/c23-17(16-7-4-10-20-16)22-11-8-19(9-12-22)15(13-21-18(19)24)14-5-2-1-3-6-14/h1-7,10,15,20H,8-9,11-13H2,(H,21,24). The number of benzene rings is 1. The Kier molecular flexibility index (Phi) is 3.63. The van der Waals surface area contributed by atoms with Crippen LogP contribution in [-0.4, -0.2) is 41.3 Å². The van der Waals surface area contributed by atoms with Crippen LogP contribution in [0.1, 0.15) is 34.8 Å². The van der Waals surface area contributed by atoms with Crippen LogP contribution in [0.25, 0.3) is 0 Å². The fourth-order valence-corrected chi connectivity index (χ4v) is 4.16. The molecule has 24 heavy (non-hydrogen) atoms. The van der Waals surface area contributed by atoms with Gasteiger partial charge in [0.2, 0.25) is 5.91 Å². The molecule has 1 spiro atoms. The predicted molar refractivity (Wildman–Crippen MR) is 90.6 cm³/mol. The molecule has 0 bridgehead atoms. The molecule has 2 aliphatic rings. The number of aromatic amines is 1. The van der Waals surface area contributed by atoms with E-state index in [0.717, 1.165) is 0 Å². The Morgan fingerprint density at radius 1 is 1.08 bits per heavy atom. The zero-order chi connectivity index (χ0) is 16.6. The molecule has 0 saturated carbocycles. The molecular formula is C19H21N3O2. The van der Waals surface area contributed by atoms with E-state index in [2.05, 4.69) is 22.4 Å². The van der Waals surface area contributed by atoms with Crippen molar-refractivity contribution in [3.05, 3.63) is 59.9 Å². The molecule has 1 unspecified atom stereocenters. The predicted octanol–water partition coefficient (Wildman–Crippen LogP) is 2.15. The molecule has 2 fully saturated rings. The summed E-state index contributed by atoms with van der Waals surface area (Å²) in [5.41, 5.74) is 1.44. The number of H-pyrrole nitrogens is 1. The summed E-state index contributed by atoms with van der Waals surface area (Å²) < 4.78 is 0. The molecule has 1 atom stereocenters. The smallest absolute Gasteiger partial charge is 0.270 e. The fourth-order valence-electron chi connectivity index (χ4n) is 4.16. The average molecular weight is 323 g/mol. The second-order valence-corrected chi connectivity index (χ2v) is 6.71. The number of nitrogens with zero attached hydrogens (tertiary/aromatic N) is 1. The molecule has 0 aliphatic carbocycles. The van der Waals surface area contributed by atoms with Gasteiger partial charge in [-0.05, 0) is 30.5 Å². The lowest BCUT2D eigenvalue weighted by atomic mass is 9.68. The molecule has 124 valence electrons. The van der Waals surface area contributed by atoms with Crippen molar-refractivity contribution in [2.45, 2.75) is 18.8 Å². The first kappa shape index (κ1) is 15.0. The normalized spacial score (nSPS) is 22.6. The van der Waals surface area contributed by atoms with E-state index in [9.17, 15) is 9.59 Å². The summed E-state index contributed by atoms with van der Waals surface area (Å²) in [6, 6.07) is 13.9. The summed E-state index contributed by atoms with van der Waals surface area (Å²) in [6.45, 7) is 1.93. The Bertz CT molecular complexity index is 731. The van der Waals surface area contributed by atoms with Gasteiger partial charge in [-0.25, -0.2) is 0 Å². The van der Waals surface area contributed by atoms with Gasteiger partial charge in [0.25, 0.3) is 5.91 Å². The first-order valence-electron chi connectivity index (χ1n) is 8.47. The van der Waals surface area contributed by atoms with Gasteiger partial charge in [-0.1, -0.05) is 30.3 Å². The highest BCUT2D eigenvalue weighted by Crippen LogP contribution is 2.47. The number of carbonyl (C=O) groups is 2. The van der Waals surface area contributed by atoms with Crippen LogP contribution in [0, 0.1) is 5.41 Å². The first-order valence-corrected chi connectivity index (χ1v) is 8.47. The van der Waals surface area contributed by atoms with Crippen molar-refractivity contribution in [3.63, 3.8) is 0 Å². The van der Waals surface area contributed by atoms with E-state index < -0.39 is 0 Å². The topological polar surface area (TPSA) is 65.2 Å². The van der Waals surface area contributed by atoms with Gasteiger partial charge in [-0.15, -0.1) is 0 Å². The van der Waals surface area contributed by atoms with E-state index in [1.807, 2.05) is 29.2 Å². The molecule has 5 heteroatoms. The van der Waals surface area contributed by atoms with Gasteiger partial charge in [-0.3, -0.25) is 9.59 Å². The molecule has 4 rings (SSSR count). The minimum Gasteiger partial charge on any atom is -0.357 e.